The summed E-state index contributed by atoms with van der Waals surface area (Å²) >= 11 is 0. The maximum absolute atomic E-state index is 5.66. The van der Waals surface area contributed by atoms with Gasteiger partial charge in [-0.1, -0.05) is 127 Å². The first-order valence-corrected chi connectivity index (χ1v) is 20.2. The highest BCUT2D eigenvalue weighted by Crippen LogP contribution is 2.48. The largest absolute Gasteiger partial charge is 0.309 e. The van der Waals surface area contributed by atoms with Crippen LogP contribution in [0.15, 0.2) is 188 Å². The molecule has 0 aliphatic heterocycles. The van der Waals surface area contributed by atoms with Crippen molar-refractivity contribution in [2.75, 3.05) is 0 Å². The fourth-order valence-corrected chi connectivity index (χ4v) is 10.3. The van der Waals surface area contributed by atoms with Crippen LogP contribution in [0.4, 0.5) is 0 Å². The van der Waals surface area contributed by atoms with Gasteiger partial charge in [-0.3, -0.25) is 4.57 Å². The fourth-order valence-electron chi connectivity index (χ4n) is 10.3. The molecule has 0 spiro atoms. The van der Waals surface area contributed by atoms with Crippen molar-refractivity contribution >= 4 is 104 Å². The van der Waals surface area contributed by atoms with E-state index in [1.807, 2.05) is 0 Å². The minimum absolute atomic E-state index is 0.814. The Labute approximate surface area is 336 Å². The Morgan fingerprint density at radius 2 is 0.949 bits per heavy atom. The molecule has 0 radical (unpaired) electrons. The minimum Gasteiger partial charge on any atom is -0.309 e. The molecule has 5 aromatic heterocycles. The molecule has 14 rings (SSSR count). The molecule has 14 aromatic rings. The second kappa shape index (κ2) is 11.3. The van der Waals surface area contributed by atoms with E-state index in [1.54, 1.807) is 0 Å². The van der Waals surface area contributed by atoms with E-state index < -0.39 is 0 Å². The molecule has 0 aliphatic rings. The summed E-state index contributed by atoms with van der Waals surface area (Å²) in [6.45, 7) is 0. The van der Waals surface area contributed by atoms with Gasteiger partial charge in [-0.15, -0.1) is 0 Å². The zero-order valence-electron chi connectivity index (χ0n) is 31.6. The second-order valence-corrected chi connectivity index (χ2v) is 15.7. The van der Waals surface area contributed by atoms with E-state index in [9.17, 15) is 0 Å². The molecule has 0 amide bonds. The first-order chi connectivity index (χ1) is 29.3. The number of rotatable bonds is 3. The van der Waals surface area contributed by atoms with Crippen LogP contribution in [-0.2, 0) is 0 Å². The van der Waals surface area contributed by atoms with Crippen molar-refractivity contribution in [3.8, 4) is 22.8 Å². The van der Waals surface area contributed by atoms with Crippen LogP contribution in [0.5, 0.6) is 0 Å². The molecule has 9 aromatic carbocycles. The number of aromatic nitrogens is 5. The third-order valence-corrected chi connectivity index (χ3v) is 12.7. The van der Waals surface area contributed by atoms with E-state index >= 15 is 0 Å². The van der Waals surface area contributed by atoms with Crippen molar-refractivity contribution in [2.24, 2.45) is 0 Å². The first kappa shape index (κ1) is 31.1. The highest BCUT2D eigenvalue weighted by molar-refractivity contribution is 6.35. The molecule has 5 heterocycles. The van der Waals surface area contributed by atoms with Crippen LogP contribution in [0, 0.1) is 0 Å². The molecular weight excluding hydrogens is 719 g/mol. The van der Waals surface area contributed by atoms with E-state index in [0.29, 0.717) is 0 Å². The second-order valence-electron chi connectivity index (χ2n) is 15.7. The molecule has 0 unspecified atom stereocenters. The van der Waals surface area contributed by atoms with E-state index in [0.717, 1.165) is 50.3 Å². The molecule has 5 heteroatoms. The monoisotopic (exact) mass is 749 g/mol. The van der Waals surface area contributed by atoms with Crippen molar-refractivity contribution in [1.82, 2.24) is 23.5 Å². The van der Waals surface area contributed by atoms with E-state index in [1.165, 1.54) is 75.9 Å². The van der Waals surface area contributed by atoms with Crippen LogP contribution in [0.1, 0.15) is 0 Å². The summed E-state index contributed by atoms with van der Waals surface area (Å²) in [5.74, 6) is 0.814. The van der Waals surface area contributed by atoms with Gasteiger partial charge in [-0.2, -0.15) is 0 Å². The lowest BCUT2D eigenvalue weighted by Crippen LogP contribution is -2.04. The van der Waals surface area contributed by atoms with Crippen molar-refractivity contribution in [1.29, 1.82) is 0 Å². The molecule has 0 saturated carbocycles. The summed E-state index contributed by atoms with van der Waals surface area (Å²) in [6.07, 6.45) is 0. The zero-order chi connectivity index (χ0) is 38.3. The Hall–Kier alpha value is -8.02. The molecule has 0 saturated heterocycles. The third kappa shape index (κ3) is 4.03. The molecular formula is C54H31N5. The summed E-state index contributed by atoms with van der Waals surface area (Å²) in [6, 6.07) is 67.9. The van der Waals surface area contributed by atoms with Crippen LogP contribution < -0.4 is 0 Å². The summed E-state index contributed by atoms with van der Waals surface area (Å²) < 4.78 is 7.29. The topological polar surface area (TPSA) is 40.0 Å². The zero-order valence-corrected chi connectivity index (χ0v) is 31.6. The molecule has 59 heavy (non-hydrogen) atoms. The molecule has 0 bridgehead atoms. The number of nitrogens with zero attached hydrogens (tertiary/aromatic N) is 5. The Kier molecular flexibility index (Phi) is 5.96. The van der Waals surface area contributed by atoms with Gasteiger partial charge in [0.1, 0.15) is 5.69 Å². The summed E-state index contributed by atoms with van der Waals surface area (Å²) in [5, 5.41) is 12.1. The number of benzene rings is 9. The van der Waals surface area contributed by atoms with Crippen molar-refractivity contribution in [3.05, 3.63) is 188 Å². The average Bonchev–Trinajstić information content (AvgIpc) is 4.03. The van der Waals surface area contributed by atoms with Crippen LogP contribution >= 0.6 is 0 Å². The summed E-state index contributed by atoms with van der Waals surface area (Å²) in [7, 11) is 0. The van der Waals surface area contributed by atoms with Crippen LogP contribution in [0.2, 0.25) is 0 Å². The maximum Gasteiger partial charge on any atom is 0.165 e. The molecule has 5 nitrogen and oxygen atoms in total. The third-order valence-electron chi connectivity index (χ3n) is 12.7. The quantitative estimate of drug-likeness (QED) is 0.180. The van der Waals surface area contributed by atoms with E-state index in [2.05, 4.69) is 202 Å². The normalized spacial score (nSPS) is 12.4. The number of para-hydroxylation sites is 6. The Morgan fingerprint density at radius 1 is 0.339 bits per heavy atom. The van der Waals surface area contributed by atoms with Crippen molar-refractivity contribution in [3.63, 3.8) is 0 Å². The van der Waals surface area contributed by atoms with Gasteiger partial charge in [0, 0.05) is 59.7 Å². The lowest BCUT2D eigenvalue weighted by Gasteiger charge is -2.15. The number of hydrogen-bond acceptors (Lipinski definition) is 2. The van der Waals surface area contributed by atoms with Gasteiger partial charge in [-0.25, -0.2) is 9.97 Å². The number of hydrogen-bond donors (Lipinski definition) is 0. The van der Waals surface area contributed by atoms with Crippen molar-refractivity contribution < 1.29 is 0 Å². The molecule has 0 aliphatic carbocycles. The van der Waals surface area contributed by atoms with Gasteiger partial charge in [0.25, 0.3) is 0 Å². The lowest BCUT2D eigenvalue weighted by molar-refractivity contribution is 1.09. The van der Waals surface area contributed by atoms with Gasteiger partial charge in [0.15, 0.2) is 5.82 Å². The first-order valence-electron chi connectivity index (χ1n) is 20.2. The summed E-state index contributed by atoms with van der Waals surface area (Å²) in [4.78, 5) is 11.2. The Morgan fingerprint density at radius 3 is 1.76 bits per heavy atom. The smallest absolute Gasteiger partial charge is 0.165 e. The lowest BCUT2D eigenvalue weighted by atomic mass is 10.0. The van der Waals surface area contributed by atoms with Crippen LogP contribution in [0.3, 0.4) is 0 Å². The van der Waals surface area contributed by atoms with Gasteiger partial charge < -0.3 is 8.97 Å². The minimum atomic E-state index is 0.814. The molecule has 272 valence electrons. The van der Waals surface area contributed by atoms with Gasteiger partial charge in [0.05, 0.1) is 49.7 Å². The van der Waals surface area contributed by atoms with Gasteiger partial charge in [0.2, 0.25) is 0 Å². The standard InChI is InChI=1S/C54H31N5/c1-2-15-34(16-3-1)57-45-23-11-6-18-36(45)40-30-33(27-29-48(40)57)50-54(56-44-22-10-9-21-43(44)55-50)59-51-35-17-5-4-14-32(35)26-28-38(51)42-31-41-37-19-7-12-24-46(37)58-47-25-13-8-20-39(47)49(52(41)58)53(42)59/h1-31H. The molecule has 0 N–H and O–H groups in total. The SMILES string of the molecule is c1ccc(-n2c3ccccc3c3cc(-c4nc5ccccc5nc4-n4c5c6ccccc6ccc5c5cc6c7ccccc7n7c8ccccc8c(c54)c67)ccc32)cc1. The predicted molar refractivity (Wildman–Crippen MR) is 246 cm³/mol. The van der Waals surface area contributed by atoms with Crippen LogP contribution in [-0.4, -0.2) is 23.5 Å². The van der Waals surface area contributed by atoms with E-state index in [-0.39, 0.29) is 0 Å². The highest BCUT2D eigenvalue weighted by Gasteiger charge is 2.27. The predicted octanol–water partition coefficient (Wildman–Crippen LogP) is 13.8. The summed E-state index contributed by atoms with van der Waals surface area (Å²) in [5.41, 5.74) is 13.0. The van der Waals surface area contributed by atoms with Crippen molar-refractivity contribution in [2.45, 2.75) is 0 Å². The maximum atomic E-state index is 5.66. The number of fused-ring (bicyclic) bond motifs is 16. The fraction of sp³-hybridized carbons (Fsp3) is 0. The van der Waals surface area contributed by atoms with Gasteiger partial charge in [-0.05, 0) is 66.0 Å². The Balaban J connectivity index is 1.19. The average molecular weight is 750 g/mol. The van der Waals surface area contributed by atoms with E-state index in [4.69, 9.17) is 9.97 Å². The Bertz CT molecular complexity index is 4070. The molecule has 0 fully saturated rings. The van der Waals surface area contributed by atoms with Gasteiger partial charge >= 0.3 is 0 Å². The highest BCUT2D eigenvalue weighted by atomic mass is 15.1. The molecule has 0 atom stereocenters. The van der Waals surface area contributed by atoms with Crippen LogP contribution in [0.25, 0.3) is 126 Å².